The number of benzene rings is 1. The van der Waals surface area contributed by atoms with Gasteiger partial charge in [0.25, 0.3) is 0 Å². The zero-order valence-electron chi connectivity index (χ0n) is 12.0. The van der Waals surface area contributed by atoms with Crippen molar-refractivity contribution in [2.45, 2.75) is 45.8 Å². The Hall–Kier alpha value is -1.13. The fourth-order valence-electron chi connectivity index (χ4n) is 2.31. The van der Waals surface area contributed by atoms with E-state index in [4.69, 9.17) is 0 Å². The van der Waals surface area contributed by atoms with Crippen LogP contribution in [0.5, 0.6) is 0 Å². The molecule has 3 rings (SSSR count). The fourth-order valence-corrected chi connectivity index (χ4v) is 2.60. The number of rotatable bonds is 5. The van der Waals surface area contributed by atoms with E-state index >= 15 is 0 Å². The SMILES string of the molecule is Cc1nn(Cc2ccc(CNC3CC3)cc2)c(C)c1Br. The molecule has 0 unspecified atom stereocenters. The Morgan fingerprint density at radius 1 is 1.20 bits per heavy atom. The van der Waals surface area contributed by atoms with E-state index in [1.807, 2.05) is 6.92 Å². The van der Waals surface area contributed by atoms with Crippen LogP contribution in [0.4, 0.5) is 0 Å². The molecule has 4 heteroatoms. The third-order valence-electron chi connectivity index (χ3n) is 3.82. The van der Waals surface area contributed by atoms with Gasteiger partial charge >= 0.3 is 0 Å². The van der Waals surface area contributed by atoms with E-state index in [2.05, 4.69) is 62.2 Å². The summed E-state index contributed by atoms with van der Waals surface area (Å²) in [5.74, 6) is 0. The Labute approximate surface area is 128 Å². The van der Waals surface area contributed by atoms with Gasteiger partial charge in [0.1, 0.15) is 0 Å². The highest BCUT2D eigenvalue weighted by atomic mass is 79.9. The molecule has 3 nitrogen and oxygen atoms in total. The van der Waals surface area contributed by atoms with Crippen LogP contribution >= 0.6 is 15.9 Å². The zero-order chi connectivity index (χ0) is 14.1. The van der Waals surface area contributed by atoms with Gasteiger partial charge in [-0.2, -0.15) is 5.10 Å². The lowest BCUT2D eigenvalue weighted by molar-refractivity contribution is 0.657. The number of nitrogens with zero attached hydrogens (tertiary/aromatic N) is 2. The molecule has 1 N–H and O–H groups in total. The minimum atomic E-state index is 0.765. The summed E-state index contributed by atoms with van der Waals surface area (Å²) in [5, 5.41) is 8.09. The van der Waals surface area contributed by atoms with Gasteiger partial charge in [-0.05, 0) is 53.7 Å². The quantitative estimate of drug-likeness (QED) is 0.906. The molecule has 1 aromatic heterocycles. The van der Waals surface area contributed by atoms with Crippen LogP contribution in [0.1, 0.15) is 35.4 Å². The predicted octanol–water partition coefficient (Wildman–Crippen LogP) is 3.56. The topological polar surface area (TPSA) is 29.9 Å². The lowest BCUT2D eigenvalue weighted by Crippen LogP contribution is -2.15. The molecule has 0 atom stereocenters. The Balaban J connectivity index is 1.66. The second kappa shape index (κ2) is 5.70. The van der Waals surface area contributed by atoms with Gasteiger partial charge in [0.05, 0.1) is 22.4 Å². The van der Waals surface area contributed by atoms with Crippen molar-refractivity contribution < 1.29 is 0 Å². The minimum Gasteiger partial charge on any atom is -0.310 e. The average molecular weight is 334 g/mol. The summed E-state index contributed by atoms with van der Waals surface area (Å²) in [6.07, 6.45) is 2.68. The van der Waals surface area contributed by atoms with Crippen molar-refractivity contribution in [2.75, 3.05) is 0 Å². The number of hydrogen-bond donors (Lipinski definition) is 1. The Morgan fingerprint density at radius 2 is 1.85 bits per heavy atom. The minimum absolute atomic E-state index is 0.765. The van der Waals surface area contributed by atoms with Crippen molar-refractivity contribution in [3.63, 3.8) is 0 Å². The highest BCUT2D eigenvalue weighted by molar-refractivity contribution is 9.10. The molecule has 0 saturated heterocycles. The van der Waals surface area contributed by atoms with Crippen LogP contribution in [0.3, 0.4) is 0 Å². The molecule has 1 aliphatic rings. The predicted molar refractivity (Wildman–Crippen MR) is 84.8 cm³/mol. The third kappa shape index (κ3) is 3.13. The van der Waals surface area contributed by atoms with Gasteiger partial charge in [-0.15, -0.1) is 0 Å². The molecule has 0 spiro atoms. The fraction of sp³-hybridized carbons (Fsp3) is 0.438. The van der Waals surface area contributed by atoms with Crippen molar-refractivity contribution >= 4 is 15.9 Å². The molecule has 1 aromatic carbocycles. The number of halogens is 1. The molecule has 0 aliphatic heterocycles. The molecule has 0 amide bonds. The van der Waals surface area contributed by atoms with Gasteiger partial charge < -0.3 is 5.32 Å². The van der Waals surface area contributed by atoms with E-state index in [1.54, 1.807) is 0 Å². The van der Waals surface area contributed by atoms with Crippen molar-refractivity contribution in [1.29, 1.82) is 0 Å². The van der Waals surface area contributed by atoms with E-state index < -0.39 is 0 Å². The van der Waals surface area contributed by atoms with Gasteiger partial charge in [0.15, 0.2) is 0 Å². The molecule has 1 aliphatic carbocycles. The van der Waals surface area contributed by atoms with E-state index in [1.165, 1.54) is 29.7 Å². The van der Waals surface area contributed by atoms with Crippen LogP contribution in [0.15, 0.2) is 28.7 Å². The second-order valence-corrected chi connectivity index (χ2v) is 6.41. The second-order valence-electron chi connectivity index (χ2n) is 5.61. The van der Waals surface area contributed by atoms with Crippen LogP contribution in [-0.4, -0.2) is 15.8 Å². The third-order valence-corrected chi connectivity index (χ3v) is 4.97. The first-order valence-electron chi connectivity index (χ1n) is 7.14. The summed E-state index contributed by atoms with van der Waals surface area (Å²) in [7, 11) is 0. The highest BCUT2D eigenvalue weighted by Crippen LogP contribution is 2.21. The number of hydrogen-bond acceptors (Lipinski definition) is 2. The summed E-state index contributed by atoms with van der Waals surface area (Å²) in [5.41, 5.74) is 4.88. The normalized spacial score (nSPS) is 14.8. The van der Waals surface area contributed by atoms with Crippen LogP contribution in [0.2, 0.25) is 0 Å². The van der Waals surface area contributed by atoms with Crippen LogP contribution < -0.4 is 5.32 Å². The summed E-state index contributed by atoms with van der Waals surface area (Å²) in [4.78, 5) is 0. The molecular formula is C16H20BrN3. The molecular weight excluding hydrogens is 314 g/mol. The molecule has 0 radical (unpaired) electrons. The molecule has 1 saturated carbocycles. The van der Waals surface area contributed by atoms with Crippen molar-refractivity contribution in [1.82, 2.24) is 15.1 Å². The van der Waals surface area contributed by atoms with Crippen LogP contribution in [0, 0.1) is 13.8 Å². The monoisotopic (exact) mass is 333 g/mol. The van der Waals surface area contributed by atoms with E-state index in [0.717, 1.165) is 29.3 Å². The summed E-state index contributed by atoms with van der Waals surface area (Å²) < 4.78 is 3.17. The number of aryl methyl sites for hydroxylation is 1. The first-order valence-corrected chi connectivity index (χ1v) is 7.93. The highest BCUT2D eigenvalue weighted by Gasteiger charge is 2.19. The maximum Gasteiger partial charge on any atom is 0.0738 e. The van der Waals surface area contributed by atoms with E-state index in [-0.39, 0.29) is 0 Å². The molecule has 106 valence electrons. The molecule has 1 heterocycles. The number of nitrogens with one attached hydrogen (secondary N) is 1. The average Bonchev–Trinajstić information content (AvgIpc) is 3.24. The van der Waals surface area contributed by atoms with Crippen LogP contribution in [-0.2, 0) is 13.1 Å². The first kappa shape index (κ1) is 13.8. The maximum atomic E-state index is 4.55. The van der Waals surface area contributed by atoms with Gasteiger partial charge in [-0.3, -0.25) is 4.68 Å². The summed E-state index contributed by atoms with van der Waals surface area (Å²) in [6, 6.07) is 9.60. The molecule has 0 bridgehead atoms. The van der Waals surface area contributed by atoms with Crippen molar-refractivity contribution in [2.24, 2.45) is 0 Å². The molecule has 1 fully saturated rings. The Morgan fingerprint density at radius 3 is 2.40 bits per heavy atom. The lowest BCUT2D eigenvalue weighted by atomic mass is 10.1. The summed E-state index contributed by atoms with van der Waals surface area (Å²) in [6.45, 7) is 5.93. The van der Waals surface area contributed by atoms with Gasteiger partial charge in [-0.1, -0.05) is 24.3 Å². The summed E-state index contributed by atoms with van der Waals surface area (Å²) >= 11 is 3.57. The Kier molecular flexibility index (Phi) is 3.94. The molecule has 20 heavy (non-hydrogen) atoms. The lowest BCUT2D eigenvalue weighted by Gasteiger charge is -2.07. The number of aromatic nitrogens is 2. The maximum absolute atomic E-state index is 4.55. The molecule has 2 aromatic rings. The standard InChI is InChI=1S/C16H20BrN3/c1-11-16(17)12(2)20(19-11)10-14-5-3-13(4-6-14)9-18-15-7-8-15/h3-6,15,18H,7-10H2,1-2H3. The van der Waals surface area contributed by atoms with Gasteiger partial charge in [-0.25, -0.2) is 0 Å². The zero-order valence-corrected chi connectivity index (χ0v) is 13.6. The van der Waals surface area contributed by atoms with E-state index in [9.17, 15) is 0 Å². The van der Waals surface area contributed by atoms with E-state index in [0.29, 0.717) is 0 Å². The van der Waals surface area contributed by atoms with Crippen molar-refractivity contribution in [3.05, 3.63) is 51.3 Å². The first-order chi connectivity index (χ1) is 9.63. The Bertz CT molecular complexity index is 597. The van der Waals surface area contributed by atoms with Gasteiger partial charge in [0.2, 0.25) is 0 Å². The van der Waals surface area contributed by atoms with Crippen molar-refractivity contribution in [3.8, 4) is 0 Å². The largest absolute Gasteiger partial charge is 0.310 e. The van der Waals surface area contributed by atoms with Crippen LogP contribution in [0.25, 0.3) is 0 Å². The smallest absolute Gasteiger partial charge is 0.0738 e. The van der Waals surface area contributed by atoms with Gasteiger partial charge in [0, 0.05) is 12.6 Å².